The number of aromatic amines is 1. The number of benzene rings is 1. The first-order chi connectivity index (χ1) is 6.18. The molecule has 0 spiro atoms. The summed E-state index contributed by atoms with van der Waals surface area (Å²) in [5.41, 5.74) is 1.72. The molecule has 0 saturated heterocycles. The molecule has 1 N–H and O–H groups in total. The molecule has 0 unspecified atom stereocenters. The summed E-state index contributed by atoms with van der Waals surface area (Å²) in [6.45, 7) is 0. The molecule has 0 saturated carbocycles. The first kappa shape index (κ1) is 8.59. The van der Waals surface area contributed by atoms with E-state index in [1.165, 1.54) is 6.33 Å². The number of thiol groups is 1. The molecule has 2 aromatic rings. The molecule has 2 rings (SSSR count). The first-order valence-corrected chi connectivity index (χ1v) is 4.37. The fourth-order valence-electron chi connectivity index (χ4n) is 1.18. The molecule has 0 aliphatic heterocycles. The molecule has 1 aromatic carbocycles. The molecule has 3 nitrogen and oxygen atoms in total. The number of aromatic nitrogens is 2. The molecular weight excluding hydrogens is 208 g/mol. The number of hydrogen-bond donors (Lipinski definition) is 2. The van der Waals surface area contributed by atoms with Crippen LogP contribution in [0.15, 0.2) is 23.4 Å². The monoisotopic (exact) mass is 212 g/mol. The molecule has 0 aliphatic carbocycles. The van der Waals surface area contributed by atoms with Crippen LogP contribution in [0.5, 0.6) is 0 Å². The van der Waals surface area contributed by atoms with Crippen LogP contribution in [0.1, 0.15) is 10.4 Å². The van der Waals surface area contributed by atoms with Crippen LogP contribution in [0.3, 0.4) is 0 Å². The predicted molar refractivity (Wildman–Crippen MR) is 53.5 cm³/mol. The van der Waals surface area contributed by atoms with Gasteiger partial charge in [0.25, 0.3) is 5.24 Å². The number of nitrogens with zero attached hydrogens (tertiary/aromatic N) is 1. The fraction of sp³-hybridized carbons (Fsp3) is 0. The zero-order chi connectivity index (χ0) is 9.42. The molecule has 0 atom stereocenters. The number of hydrogen-bond acceptors (Lipinski definition) is 3. The second-order valence-corrected chi connectivity index (χ2v) is 3.43. The summed E-state index contributed by atoms with van der Waals surface area (Å²) in [6.07, 6.45) is 1.52. The molecule has 0 amide bonds. The summed E-state index contributed by atoms with van der Waals surface area (Å²) < 4.78 is 0. The second kappa shape index (κ2) is 3.05. The summed E-state index contributed by atoms with van der Waals surface area (Å²) in [7, 11) is 0. The molecule has 0 bridgehead atoms. The molecule has 66 valence electrons. The van der Waals surface area contributed by atoms with Gasteiger partial charge < -0.3 is 4.98 Å². The molecular formula is C8H5ClN2OS. The van der Waals surface area contributed by atoms with Crippen LogP contribution >= 0.6 is 24.2 Å². The van der Waals surface area contributed by atoms with Gasteiger partial charge in [0.2, 0.25) is 0 Å². The number of carbonyl (C=O) groups is 1. The summed E-state index contributed by atoms with van der Waals surface area (Å²) in [5, 5.41) is -0.520. The maximum atomic E-state index is 11.0. The van der Waals surface area contributed by atoms with E-state index in [9.17, 15) is 4.79 Å². The maximum Gasteiger partial charge on any atom is 0.254 e. The van der Waals surface area contributed by atoms with Crippen LogP contribution in [0, 0.1) is 0 Å². The van der Waals surface area contributed by atoms with Crippen molar-refractivity contribution in [1.82, 2.24) is 9.97 Å². The number of H-pyrrole nitrogens is 1. The average Bonchev–Trinajstić information content (AvgIpc) is 2.49. The quantitative estimate of drug-likeness (QED) is 0.563. The van der Waals surface area contributed by atoms with E-state index in [1.807, 2.05) is 0 Å². The lowest BCUT2D eigenvalue weighted by molar-refractivity contribution is 0.108. The smallest absolute Gasteiger partial charge is 0.254 e. The van der Waals surface area contributed by atoms with E-state index in [0.29, 0.717) is 16.0 Å². The highest BCUT2D eigenvalue weighted by molar-refractivity contribution is 7.80. The standard InChI is InChI=1S/C8H5ClN2OS/c9-8(12)5-1-4(13)2-6-7(5)11-3-10-6/h1-3,13H,(H,10,11). The second-order valence-electron chi connectivity index (χ2n) is 2.57. The number of rotatable bonds is 1. The zero-order valence-corrected chi connectivity index (χ0v) is 8.06. The fourth-order valence-corrected chi connectivity index (χ4v) is 1.59. The van der Waals surface area contributed by atoms with Crippen LogP contribution in [0.25, 0.3) is 11.0 Å². The Labute approximate surface area is 84.5 Å². The van der Waals surface area contributed by atoms with Crippen LogP contribution in [0.2, 0.25) is 0 Å². The van der Waals surface area contributed by atoms with Gasteiger partial charge in [-0.2, -0.15) is 0 Å². The van der Waals surface area contributed by atoms with Gasteiger partial charge in [0, 0.05) is 4.90 Å². The molecule has 1 aromatic heterocycles. The zero-order valence-electron chi connectivity index (χ0n) is 6.41. The Balaban J connectivity index is 2.84. The van der Waals surface area contributed by atoms with Gasteiger partial charge in [-0.15, -0.1) is 12.6 Å². The Bertz CT molecular complexity index is 480. The minimum absolute atomic E-state index is 0.380. The van der Waals surface area contributed by atoms with Crippen molar-refractivity contribution in [2.75, 3.05) is 0 Å². The van der Waals surface area contributed by atoms with Crippen molar-refractivity contribution in [2.45, 2.75) is 4.90 Å². The minimum Gasteiger partial charge on any atom is -0.345 e. The minimum atomic E-state index is -0.520. The first-order valence-electron chi connectivity index (χ1n) is 3.54. The van der Waals surface area contributed by atoms with Gasteiger partial charge in [-0.25, -0.2) is 4.98 Å². The van der Waals surface area contributed by atoms with Crippen LogP contribution in [0.4, 0.5) is 0 Å². The lowest BCUT2D eigenvalue weighted by atomic mass is 10.2. The third-order valence-corrected chi connectivity index (χ3v) is 2.18. The largest absolute Gasteiger partial charge is 0.345 e. The van der Waals surface area contributed by atoms with Crippen molar-refractivity contribution < 1.29 is 4.79 Å². The summed E-state index contributed by atoms with van der Waals surface area (Å²) in [5.74, 6) is 0. The van der Waals surface area contributed by atoms with Gasteiger partial charge in [0.15, 0.2) is 0 Å². The average molecular weight is 213 g/mol. The van der Waals surface area contributed by atoms with Crippen molar-refractivity contribution >= 4 is 40.5 Å². The lowest BCUT2D eigenvalue weighted by Gasteiger charge is -1.97. The molecule has 13 heavy (non-hydrogen) atoms. The Hall–Kier alpha value is -1.00. The number of carbonyl (C=O) groups excluding carboxylic acids is 1. The Kier molecular flexibility index (Phi) is 2.01. The summed E-state index contributed by atoms with van der Waals surface area (Å²) in [6, 6.07) is 3.39. The van der Waals surface area contributed by atoms with E-state index in [1.54, 1.807) is 12.1 Å². The van der Waals surface area contributed by atoms with Gasteiger partial charge in [-0.05, 0) is 23.7 Å². The number of nitrogens with one attached hydrogen (secondary N) is 1. The Morgan fingerprint density at radius 1 is 1.54 bits per heavy atom. The van der Waals surface area contributed by atoms with E-state index < -0.39 is 5.24 Å². The van der Waals surface area contributed by atoms with Crippen LogP contribution in [-0.4, -0.2) is 15.2 Å². The molecule has 0 radical (unpaired) electrons. The highest BCUT2D eigenvalue weighted by Gasteiger charge is 2.10. The van der Waals surface area contributed by atoms with Gasteiger partial charge in [0.05, 0.1) is 17.4 Å². The summed E-state index contributed by atoms with van der Waals surface area (Å²) >= 11 is 9.53. The predicted octanol–water partition coefficient (Wildman–Crippen LogP) is 2.23. The van der Waals surface area contributed by atoms with E-state index in [0.717, 1.165) is 5.52 Å². The molecule has 0 fully saturated rings. The van der Waals surface area contributed by atoms with E-state index in [4.69, 9.17) is 11.6 Å². The van der Waals surface area contributed by atoms with E-state index >= 15 is 0 Å². The van der Waals surface area contributed by atoms with Crippen molar-refractivity contribution in [3.8, 4) is 0 Å². The third kappa shape index (κ3) is 1.43. The molecule has 5 heteroatoms. The van der Waals surface area contributed by atoms with Gasteiger partial charge in [0.1, 0.15) is 5.52 Å². The van der Waals surface area contributed by atoms with Crippen LogP contribution in [-0.2, 0) is 0 Å². The highest BCUT2D eigenvalue weighted by Crippen LogP contribution is 2.21. The molecule has 0 aliphatic rings. The highest BCUT2D eigenvalue weighted by atomic mass is 35.5. The van der Waals surface area contributed by atoms with Crippen molar-refractivity contribution in [3.63, 3.8) is 0 Å². The van der Waals surface area contributed by atoms with E-state index in [2.05, 4.69) is 22.6 Å². The summed E-state index contributed by atoms with van der Waals surface area (Å²) in [4.78, 5) is 18.5. The number of imidazole rings is 1. The normalized spacial score (nSPS) is 10.6. The van der Waals surface area contributed by atoms with Crippen LogP contribution < -0.4 is 0 Å². The SMILES string of the molecule is O=C(Cl)c1cc(S)cc2[nH]cnc12. The maximum absolute atomic E-state index is 11.0. The lowest BCUT2D eigenvalue weighted by Crippen LogP contribution is -1.90. The van der Waals surface area contributed by atoms with Crippen molar-refractivity contribution in [2.24, 2.45) is 0 Å². The van der Waals surface area contributed by atoms with Crippen molar-refractivity contribution in [1.29, 1.82) is 0 Å². The number of fused-ring (bicyclic) bond motifs is 1. The Morgan fingerprint density at radius 3 is 3.00 bits per heavy atom. The third-order valence-electron chi connectivity index (χ3n) is 1.72. The van der Waals surface area contributed by atoms with Crippen molar-refractivity contribution in [3.05, 3.63) is 24.0 Å². The van der Waals surface area contributed by atoms with E-state index in [-0.39, 0.29) is 0 Å². The number of halogens is 1. The van der Waals surface area contributed by atoms with Gasteiger partial charge in [-0.1, -0.05) is 0 Å². The van der Waals surface area contributed by atoms with Gasteiger partial charge in [-0.3, -0.25) is 4.79 Å². The van der Waals surface area contributed by atoms with Gasteiger partial charge >= 0.3 is 0 Å². The Morgan fingerprint density at radius 2 is 2.31 bits per heavy atom. The topological polar surface area (TPSA) is 45.8 Å². The molecule has 1 heterocycles.